The predicted molar refractivity (Wildman–Crippen MR) is 80.2 cm³/mol. The Morgan fingerprint density at radius 2 is 2.05 bits per heavy atom. The highest BCUT2D eigenvalue weighted by molar-refractivity contribution is 7.94. The van der Waals surface area contributed by atoms with Crippen LogP contribution in [0.25, 0.3) is 0 Å². The molecule has 0 radical (unpaired) electrons. The number of ether oxygens (including phenoxy) is 1. The first-order valence-electron chi connectivity index (χ1n) is 6.74. The second-order valence-corrected chi connectivity index (χ2v) is 8.43. The molecule has 1 saturated carbocycles. The van der Waals surface area contributed by atoms with Gasteiger partial charge in [-0.25, -0.2) is 13.4 Å². The van der Waals surface area contributed by atoms with Gasteiger partial charge in [0.15, 0.2) is 21.4 Å². The average Bonchev–Trinajstić information content (AvgIpc) is 3.30. The quantitative estimate of drug-likeness (QED) is 0.821. The average molecular weight is 312 g/mol. The summed E-state index contributed by atoms with van der Waals surface area (Å²) in [5.74, 6) is 0.225. The van der Waals surface area contributed by atoms with Crippen LogP contribution in [-0.4, -0.2) is 43.5 Å². The lowest BCUT2D eigenvalue weighted by molar-refractivity contribution is -0.120. The Labute approximate surface area is 125 Å². The predicted octanol–water partition coefficient (Wildman–Crippen LogP) is 1.41. The van der Waals surface area contributed by atoms with Crippen LogP contribution in [0.3, 0.4) is 0 Å². The third-order valence-corrected chi connectivity index (χ3v) is 6.73. The number of anilines is 1. The number of sulfone groups is 1. The molecule has 0 N–H and O–H groups in total. The minimum Gasteiger partial charge on any atom is -0.493 e. The molecule has 21 heavy (non-hydrogen) atoms. The fourth-order valence-corrected chi connectivity index (χ4v) is 4.18. The molecule has 0 aliphatic heterocycles. The molecule has 2 rings (SSSR count). The summed E-state index contributed by atoms with van der Waals surface area (Å²) in [6.07, 6.45) is 2.80. The van der Waals surface area contributed by atoms with E-state index < -0.39 is 25.7 Å². The first-order valence-corrected chi connectivity index (χ1v) is 8.28. The smallest absolute Gasteiger partial charge is 0.248 e. The zero-order valence-corrected chi connectivity index (χ0v) is 13.5. The van der Waals surface area contributed by atoms with Gasteiger partial charge in [0, 0.05) is 13.2 Å². The molecule has 1 heterocycles. The Hall–Kier alpha value is -1.63. The summed E-state index contributed by atoms with van der Waals surface area (Å²) in [7, 11) is -0.509. The topological polar surface area (TPSA) is 76.6 Å². The lowest BCUT2D eigenvalue weighted by Gasteiger charge is -2.29. The van der Waals surface area contributed by atoms with Crippen LogP contribution in [0.15, 0.2) is 18.3 Å². The van der Waals surface area contributed by atoms with Crippen molar-refractivity contribution in [3.8, 4) is 5.75 Å². The molecule has 0 aromatic carbocycles. The van der Waals surface area contributed by atoms with Gasteiger partial charge in [0.25, 0.3) is 0 Å². The molecule has 0 unspecified atom stereocenters. The van der Waals surface area contributed by atoms with Gasteiger partial charge in [-0.05, 0) is 38.8 Å². The number of carbonyl (C=O) groups is 1. The molecule has 1 aliphatic carbocycles. The van der Waals surface area contributed by atoms with Gasteiger partial charge in [-0.3, -0.25) is 9.69 Å². The summed E-state index contributed by atoms with van der Waals surface area (Å²) in [5, 5.41) is -0.393. The molecule has 116 valence electrons. The molecule has 1 aromatic heterocycles. The molecule has 0 bridgehead atoms. The van der Waals surface area contributed by atoms with Gasteiger partial charge in [-0.1, -0.05) is 0 Å². The Morgan fingerprint density at radius 3 is 2.57 bits per heavy atom. The maximum atomic E-state index is 12.7. The molecular formula is C14H20N2O4S. The molecule has 0 saturated heterocycles. The van der Waals surface area contributed by atoms with E-state index in [9.17, 15) is 13.2 Å². The third kappa shape index (κ3) is 2.62. The summed E-state index contributed by atoms with van der Waals surface area (Å²) in [4.78, 5) is 18.0. The van der Waals surface area contributed by atoms with E-state index in [4.69, 9.17) is 4.74 Å². The maximum Gasteiger partial charge on any atom is 0.248 e. The van der Waals surface area contributed by atoms with E-state index in [-0.39, 0.29) is 0 Å². The van der Waals surface area contributed by atoms with Gasteiger partial charge in [-0.15, -0.1) is 0 Å². The lowest BCUT2D eigenvalue weighted by atomic mass is 10.2. The molecule has 6 nitrogen and oxygen atoms in total. The van der Waals surface area contributed by atoms with Crippen LogP contribution in [-0.2, 0) is 14.6 Å². The monoisotopic (exact) mass is 312 g/mol. The largest absolute Gasteiger partial charge is 0.493 e. The van der Waals surface area contributed by atoms with Gasteiger partial charge in [0.05, 0.1) is 12.4 Å². The van der Waals surface area contributed by atoms with E-state index in [0.29, 0.717) is 24.4 Å². The molecule has 1 aliphatic rings. The third-order valence-electron chi connectivity index (χ3n) is 3.78. The van der Waals surface area contributed by atoms with Crippen LogP contribution in [0, 0.1) is 0 Å². The fraction of sp³-hybridized carbons (Fsp3) is 0.571. The van der Waals surface area contributed by atoms with Crippen molar-refractivity contribution in [1.29, 1.82) is 0 Å². The standard InChI is InChI=1S/C14H20N2O4S/c1-14(2,21(18,19)10-7-8-10)13(17)16(3)12-11(20-4)6-5-9-15-12/h5-6,9-10H,7-8H2,1-4H3. The number of hydrogen-bond donors (Lipinski definition) is 0. The number of aromatic nitrogens is 1. The lowest BCUT2D eigenvalue weighted by Crippen LogP contribution is -2.50. The van der Waals surface area contributed by atoms with Gasteiger partial charge in [-0.2, -0.15) is 0 Å². The van der Waals surface area contributed by atoms with Crippen LogP contribution in [0.2, 0.25) is 0 Å². The van der Waals surface area contributed by atoms with E-state index in [0.717, 1.165) is 0 Å². The SMILES string of the molecule is COc1cccnc1N(C)C(=O)C(C)(C)S(=O)(=O)C1CC1. The number of carbonyl (C=O) groups excluding carboxylic acids is 1. The Kier molecular flexibility index (Phi) is 3.97. The zero-order valence-electron chi connectivity index (χ0n) is 12.7. The van der Waals surface area contributed by atoms with Crippen molar-refractivity contribution in [1.82, 2.24) is 4.98 Å². The highest BCUT2D eigenvalue weighted by Gasteiger charge is 2.51. The maximum absolute atomic E-state index is 12.7. The summed E-state index contributed by atoms with van der Waals surface area (Å²) in [5.41, 5.74) is 0. The van der Waals surface area contributed by atoms with Crippen molar-refractivity contribution >= 4 is 21.6 Å². The number of methoxy groups -OCH3 is 1. The molecule has 0 atom stereocenters. The number of amides is 1. The number of hydrogen-bond acceptors (Lipinski definition) is 5. The van der Waals surface area contributed by atoms with Crippen molar-refractivity contribution in [2.45, 2.75) is 36.7 Å². The van der Waals surface area contributed by atoms with Crippen LogP contribution >= 0.6 is 0 Å². The second-order valence-electron chi connectivity index (χ2n) is 5.65. The highest BCUT2D eigenvalue weighted by Crippen LogP contribution is 2.37. The van der Waals surface area contributed by atoms with E-state index in [1.165, 1.54) is 39.1 Å². The van der Waals surface area contributed by atoms with Crippen LogP contribution in [0.1, 0.15) is 26.7 Å². The fourth-order valence-electron chi connectivity index (χ4n) is 2.21. The molecular weight excluding hydrogens is 292 g/mol. The summed E-state index contributed by atoms with van der Waals surface area (Å²) < 4.78 is 28.6. The summed E-state index contributed by atoms with van der Waals surface area (Å²) in [6, 6.07) is 3.36. The molecule has 7 heteroatoms. The molecule has 0 spiro atoms. The number of nitrogens with zero attached hydrogens (tertiary/aromatic N) is 2. The summed E-state index contributed by atoms with van der Waals surface area (Å²) >= 11 is 0. The Morgan fingerprint density at radius 1 is 1.43 bits per heavy atom. The minimum atomic E-state index is -3.50. The van der Waals surface area contributed by atoms with E-state index in [2.05, 4.69) is 4.98 Å². The van der Waals surface area contributed by atoms with Crippen LogP contribution in [0.5, 0.6) is 5.75 Å². The first kappa shape index (κ1) is 15.8. The van der Waals surface area contributed by atoms with Gasteiger partial charge in [0.2, 0.25) is 5.91 Å². The van der Waals surface area contributed by atoms with Crippen molar-refractivity contribution in [3.63, 3.8) is 0 Å². The van der Waals surface area contributed by atoms with E-state index in [1.807, 2.05) is 0 Å². The Balaban J connectivity index is 2.34. The van der Waals surface area contributed by atoms with Crippen molar-refractivity contribution < 1.29 is 17.9 Å². The molecule has 1 fully saturated rings. The van der Waals surface area contributed by atoms with E-state index in [1.54, 1.807) is 12.1 Å². The first-order chi connectivity index (χ1) is 9.73. The normalized spacial score (nSPS) is 15.6. The van der Waals surface area contributed by atoms with Gasteiger partial charge >= 0.3 is 0 Å². The highest BCUT2D eigenvalue weighted by atomic mass is 32.2. The minimum absolute atomic E-state index is 0.309. The molecule has 1 aromatic rings. The van der Waals surface area contributed by atoms with Crippen molar-refractivity contribution in [3.05, 3.63) is 18.3 Å². The van der Waals surface area contributed by atoms with Crippen LogP contribution < -0.4 is 9.64 Å². The Bertz CT molecular complexity index is 651. The van der Waals surface area contributed by atoms with E-state index >= 15 is 0 Å². The van der Waals surface area contributed by atoms with Gasteiger partial charge in [0.1, 0.15) is 4.75 Å². The van der Waals surface area contributed by atoms with Gasteiger partial charge < -0.3 is 4.74 Å². The zero-order chi connectivity index (χ0) is 15.8. The van der Waals surface area contributed by atoms with Crippen LogP contribution in [0.4, 0.5) is 5.82 Å². The van der Waals surface area contributed by atoms with Crippen molar-refractivity contribution in [2.75, 3.05) is 19.1 Å². The summed E-state index contributed by atoms with van der Waals surface area (Å²) in [6.45, 7) is 2.91. The second kappa shape index (κ2) is 5.29. The van der Waals surface area contributed by atoms with Crippen molar-refractivity contribution in [2.24, 2.45) is 0 Å². The number of rotatable bonds is 5. The molecule has 1 amide bonds. The number of pyridine rings is 1.